The van der Waals surface area contributed by atoms with E-state index in [9.17, 15) is 4.79 Å². The highest BCUT2D eigenvalue weighted by Gasteiger charge is 2.28. The van der Waals surface area contributed by atoms with Crippen LogP contribution < -0.4 is 0 Å². The second-order valence-corrected chi connectivity index (χ2v) is 7.81. The molecular formula is C24H33N3O. The van der Waals surface area contributed by atoms with Crippen molar-refractivity contribution in [2.75, 3.05) is 39.8 Å². The molecule has 4 heteroatoms. The van der Waals surface area contributed by atoms with Crippen molar-refractivity contribution < 1.29 is 4.79 Å². The molecule has 2 aromatic rings. The van der Waals surface area contributed by atoms with Gasteiger partial charge in [0.1, 0.15) is 0 Å². The Bertz CT molecular complexity index is 687. The summed E-state index contributed by atoms with van der Waals surface area (Å²) in [6.45, 7) is 8.23. The van der Waals surface area contributed by atoms with E-state index in [4.69, 9.17) is 0 Å². The summed E-state index contributed by atoms with van der Waals surface area (Å²) in [7, 11) is 2.04. The van der Waals surface area contributed by atoms with Crippen molar-refractivity contribution in [3.8, 4) is 0 Å². The first-order valence-electron chi connectivity index (χ1n) is 10.4. The molecule has 1 unspecified atom stereocenters. The van der Waals surface area contributed by atoms with Crippen LogP contribution in [0.5, 0.6) is 0 Å². The van der Waals surface area contributed by atoms with Gasteiger partial charge in [-0.25, -0.2) is 0 Å². The van der Waals surface area contributed by atoms with E-state index in [-0.39, 0.29) is 11.9 Å². The van der Waals surface area contributed by atoms with Crippen molar-refractivity contribution in [1.82, 2.24) is 14.7 Å². The van der Waals surface area contributed by atoms with Gasteiger partial charge in [0.05, 0.1) is 12.6 Å². The van der Waals surface area contributed by atoms with Crippen LogP contribution >= 0.6 is 0 Å². The van der Waals surface area contributed by atoms with Gasteiger partial charge in [-0.3, -0.25) is 14.6 Å². The first kappa shape index (κ1) is 20.6. The van der Waals surface area contributed by atoms with Gasteiger partial charge in [-0.15, -0.1) is 0 Å². The molecule has 4 nitrogen and oxygen atoms in total. The molecule has 1 heterocycles. The van der Waals surface area contributed by atoms with Crippen molar-refractivity contribution >= 4 is 5.91 Å². The summed E-state index contributed by atoms with van der Waals surface area (Å²) in [5.74, 6) is 0.249. The highest BCUT2D eigenvalue weighted by Crippen LogP contribution is 2.29. The number of carbonyl (C=O) groups excluding carboxylic acids is 1. The van der Waals surface area contributed by atoms with Gasteiger partial charge in [-0.1, -0.05) is 67.6 Å². The van der Waals surface area contributed by atoms with Crippen molar-refractivity contribution in [1.29, 1.82) is 0 Å². The lowest BCUT2D eigenvalue weighted by molar-refractivity contribution is -0.134. The fourth-order valence-corrected chi connectivity index (χ4v) is 3.90. The minimum absolute atomic E-state index is 0.238. The van der Waals surface area contributed by atoms with Gasteiger partial charge < -0.3 is 4.90 Å². The Labute approximate surface area is 169 Å². The van der Waals surface area contributed by atoms with E-state index in [1.54, 1.807) is 0 Å². The summed E-state index contributed by atoms with van der Waals surface area (Å²) in [4.78, 5) is 19.4. The van der Waals surface area contributed by atoms with E-state index in [2.05, 4.69) is 84.3 Å². The second kappa shape index (κ2) is 9.85. The number of piperazine rings is 1. The Kier molecular flexibility index (Phi) is 7.24. The van der Waals surface area contributed by atoms with Gasteiger partial charge in [-0.05, 0) is 31.5 Å². The minimum atomic E-state index is 0.238. The maximum atomic E-state index is 12.7. The SMILES string of the molecule is CCC(C)N(C)CC(=O)N1CCN(C(c2ccccc2)c2ccccc2)CC1. The normalized spacial score (nSPS) is 16.5. The quantitative estimate of drug-likeness (QED) is 0.735. The van der Waals surface area contributed by atoms with Crippen LogP contribution in [-0.2, 0) is 4.79 Å². The predicted octanol–water partition coefficient (Wildman–Crippen LogP) is 3.65. The van der Waals surface area contributed by atoms with Crippen LogP contribution in [0.25, 0.3) is 0 Å². The highest BCUT2D eigenvalue weighted by atomic mass is 16.2. The van der Waals surface area contributed by atoms with Crippen molar-refractivity contribution in [2.24, 2.45) is 0 Å². The summed E-state index contributed by atoms with van der Waals surface area (Å²) >= 11 is 0. The van der Waals surface area contributed by atoms with Gasteiger partial charge in [0.15, 0.2) is 0 Å². The van der Waals surface area contributed by atoms with Gasteiger partial charge in [-0.2, -0.15) is 0 Å². The summed E-state index contributed by atoms with van der Waals surface area (Å²) in [5.41, 5.74) is 2.62. The third kappa shape index (κ3) is 5.00. The molecule has 0 bridgehead atoms. The maximum absolute atomic E-state index is 12.7. The van der Waals surface area contributed by atoms with E-state index in [0.29, 0.717) is 12.6 Å². The third-order valence-corrected chi connectivity index (χ3v) is 5.99. The molecule has 0 spiro atoms. The zero-order chi connectivity index (χ0) is 19.9. The van der Waals surface area contributed by atoms with Crippen molar-refractivity contribution in [2.45, 2.75) is 32.4 Å². The van der Waals surface area contributed by atoms with Gasteiger partial charge in [0.2, 0.25) is 5.91 Å². The first-order valence-corrected chi connectivity index (χ1v) is 10.4. The third-order valence-electron chi connectivity index (χ3n) is 5.99. The van der Waals surface area contributed by atoms with Crippen LogP contribution in [0, 0.1) is 0 Å². The Morgan fingerprint density at radius 3 is 1.89 bits per heavy atom. The Morgan fingerprint density at radius 2 is 1.43 bits per heavy atom. The first-order chi connectivity index (χ1) is 13.6. The van der Waals surface area contributed by atoms with Crippen molar-refractivity contribution in [3.63, 3.8) is 0 Å². The van der Waals surface area contributed by atoms with Crippen LogP contribution in [0.1, 0.15) is 37.4 Å². The molecule has 1 saturated heterocycles. The topological polar surface area (TPSA) is 26.8 Å². The number of hydrogen-bond acceptors (Lipinski definition) is 3. The van der Waals surface area contributed by atoms with Crippen LogP contribution in [0.15, 0.2) is 60.7 Å². The monoisotopic (exact) mass is 379 g/mol. The maximum Gasteiger partial charge on any atom is 0.236 e. The molecule has 28 heavy (non-hydrogen) atoms. The molecule has 1 aliphatic heterocycles. The minimum Gasteiger partial charge on any atom is -0.339 e. The molecule has 0 N–H and O–H groups in total. The van der Waals surface area contributed by atoms with E-state index >= 15 is 0 Å². The van der Waals surface area contributed by atoms with E-state index in [1.807, 2.05) is 11.9 Å². The molecule has 1 fully saturated rings. The van der Waals surface area contributed by atoms with Crippen molar-refractivity contribution in [3.05, 3.63) is 71.8 Å². The van der Waals surface area contributed by atoms with Gasteiger partial charge >= 0.3 is 0 Å². The molecule has 3 rings (SSSR count). The molecule has 150 valence electrons. The Hall–Kier alpha value is -2.17. The molecule has 1 atom stereocenters. The largest absolute Gasteiger partial charge is 0.339 e. The molecule has 2 aromatic carbocycles. The number of likely N-dealkylation sites (N-methyl/N-ethyl adjacent to an activating group) is 1. The molecule has 0 saturated carbocycles. The van der Waals surface area contributed by atoms with E-state index in [0.717, 1.165) is 32.6 Å². The Morgan fingerprint density at radius 1 is 0.929 bits per heavy atom. The molecule has 1 amide bonds. The van der Waals surface area contributed by atoms with Crippen LogP contribution in [0.3, 0.4) is 0 Å². The molecule has 0 radical (unpaired) electrons. The zero-order valence-corrected chi connectivity index (χ0v) is 17.4. The summed E-state index contributed by atoms with van der Waals surface area (Å²) < 4.78 is 0. The zero-order valence-electron chi connectivity index (χ0n) is 17.4. The average Bonchev–Trinajstić information content (AvgIpc) is 2.75. The fourth-order valence-electron chi connectivity index (χ4n) is 3.90. The number of carbonyl (C=O) groups is 1. The van der Waals surface area contributed by atoms with Crippen LogP contribution in [0.2, 0.25) is 0 Å². The van der Waals surface area contributed by atoms with Crippen LogP contribution in [-0.4, -0.2) is 66.4 Å². The molecule has 1 aliphatic rings. The lowest BCUT2D eigenvalue weighted by atomic mass is 9.96. The standard InChI is InChI=1S/C24H33N3O/c1-4-20(2)25(3)19-23(28)26-15-17-27(18-16-26)24(21-11-7-5-8-12-21)22-13-9-6-10-14-22/h5-14,20,24H,4,15-19H2,1-3H3. The number of benzene rings is 2. The molecule has 0 aliphatic carbocycles. The number of amides is 1. The summed E-state index contributed by atoms with van der Waals surface area (Å²) in [5, 5.41) is 0. The molecule has 0 aromatic heterocycles. The fraction of sp³-hybridized carbons (Fsp3) is 0.458. The lowest BCUT2D eigenvalue weighted by Gasteiger charge is -2.40. The van der Waals surface area contributed by atoms with E-state index < -0.39 is 0 Å². The van der Waals surface area contributed by atoms with E-state index in [1.165, 1.54) is 11.1 Å². The number of rotatable bonds is 7. The number of nitrogens with zero attached hydrogens (tertiary/aromatic N) is 3. The summed E-state index contributed by atoms with van der Waals surface area (Å²) in [6.07, 6.45) is 1.06. The smallest absolute Gasteiger partial charge is 0.236 e. The predicted molar refractivity (Wildman–Crippen MR) is 115 cm³/mol. The van der Waals surface area contributed by atoms with Gasteiger partial charge in [0.25, 0.3) is 0 Å². The second-order valence-electron chi connectivity index (χ2n) is 7.81. The van der Waals surface area contributed by atoms with Gasteiger partial charge in [0, 0.05) is 32.2 Å². The lowest BCUT2D eigenvalue weighted by Crippen LogP contribution is -2.52. The molecular weight excluding hydrogens is 346 g/mol. The highest BCUT2D eigenvalue weighted by molar-refractivity contribution is 5.78. The average molecular weight is 380 g/mol. The summed E-state index contributed by atoms with van der Waals surface area (Å²) in [6, 6.07) is 22.1. The van der Waals surface area contributed by atoms with Crippen LogP contribution in [0.4, 0.5) is 0 Å². The Balaban J connectivity index is 1.67. The number of hydrogen-bond donors (Lipinski definition) is 0.